The predicted octanol–water partition coefficient (Wildman–Crippen LogP) is 2.31. The van der Waals surface area contributed by atoms with E-state index in [0.717, 1.165) is 32.2 Å². The average Bonchev–Trinajstić information content (AvgIpc) is 2.09. The maximum Gasteiger partial charge on any atom is 0.110 e. The third-order valence-corrected chi connectivity index (χ3v) is 1.60. The van der Waals surface area contributed by atoms with Gasteiger partial charge in [0.15, 0.2) is 0 Å². The molecule has 0 amide bonds. The topological polar surface area (TPSA) is 35.8 Å². The zero-order chi connectivity index (χ0) is 9.23. The van der Waals surface area contributed by atoms with Crippen LogP contribution in [0.15, 0.2) is 4.99 Å². The summed E-state index contributed by atoms with van der Waals surface area (Å²) in [6.07, 6.45) is 5.87. The summed E-state index contributed by atoms with van der Waals surface area (Å²) < 4.78 is 0. The third-order valence-electron chi connectivity index (χ3n) is 1.60. The van der Waals surface area contributed by atoms with Crippen molar-refractivity contribution in [2.24, 2.45) is 4.99 Å². The monoisotopic (exact) mass is 172 g/mol. The quantitative estimate of drug-likeness (QED) is 0.277. The van der Waals surface area contributed by atoms with Crippen LogP contribution in [0.1, 0.15) is 39.5 Å². The number of hydroxylamine groups is 2. The van der Waals surface area contributed by atoms with E-state index in [-0.39, 0.29) is 0 Å². The minimum Gasteiger partial charge on any atom is -0.288 e. The Hall–Kier alpha value is -0.570. The van der Waals surface area contributed by atoms with Gasteiger partial charge >= 0.3 is 0 Å². The van der Waals surface area contributed by atoms with Gasteiger partial charge in [0.1, 0.15) is 6.34 Å². The lowest BCUT2D eigenvalue weighted by atomic mass is 10.3. The fourth-order valence-electron chi connectivity index (χ4n) is 0.779. The molecule has 0 rings (SSSR count). The fraction of sp³-hybridized carbons (Fsp3) is 0.889. The first-order chi connectivity index (χ1) is 5.81. The van der Waals surface area contributed by atoms with E-state index in [1.54, 1.807) is 0 Å². The molecular weight excluding hydrogens is 152 g/mol. The molecule has 72 valence electrons. The Kier molecular flexibility index (Phi) is 8.12. The first kappa shape index (κ1) is 11.4. The van der Waals surface area contributed by atoms with Gasteiger partial charge in [-0.1, -0.05) is 26.7 Å². The third kappa shape index (κ3) is 7.54. The highest BCUT2D eigenvalue weighted by molar-refractivity contribution is 5.52. The Bertz CT molecular complexity index is 115. The van der Waals surface area contributed by atoms with Gasteiger partial charge < -0.3 is 0 Å². The van der Waals surface area contributed by atoms with E-state index in [1.165, 1.54) is 11.4 Å². The number of hydrogen-bond donors (Lipinski definition) is 1. The van der Waals surface area contributed by atoms with E-state index in [2.05, 4.69) is 18.8 Å². The van der Waals surface area contributed by atoms with Gasteiger partial charge in [-0.2, -0.15) is 0 Å². The van der Waals surface area contributed by atoms with E-state index < -0.39 is 0 Å². The number of hydrogen-bond acceptors (Lipinski definition) is 2. The molecule has 0 saturated heterocycles. The fourth-order valence-corrected chi connectivity index (χ4v) is 0.779. The summed E-state index contributed by atoms with van der Waals surface area (Å²) in [6, 6.07) is 0. The summed E-state index contributed by atoms with van der Waals surface area (Å²) in [7, 11) is 0. The molecule has 3 heteroatoms. The Balaban J connectivity index is 3.27. The number of nitrogens with zero attached hydrogens (tertiary/aromatic N) is 2. The predicted molar refractivity (Wildman–Crippen MR) is 51.7 cm³/mol. The van der Waals surface area contributed by atoms with Crippen molar-refractivity contribution < 1.29 is 5.21 Å². The molecule has 0 aromatic heterocycles. The van der Waals surface area contributed by atoms with Gasteiger partial charge in [-0.05, 0) is 12.8 Å². The Labute approximate surface area is 75.1 Å². The molecule has 0 atom stereocenters. The van der Waals surface area contributed by atoms with E-state index >= 15 is 0 Å². The van der Waals surface area contributed by atoms with Crippen LogP contribution in [0.3, 0.4) is 0 Å². The first-order valence-electron chi connectivity index (χ1n) is 4.76. The van der Waals surface area contributed by atoms with Gasteiger partial charge in [-0.15, -0.1) is 0 Å². The van der Waals surface area contributed by atoms with Gasteiger partial charge in [0.05, 0.1) is 0 Å². The molecule has 0 aliphatic heterocycles. The second-order valence-electron chi connectivity index (χ2n) is 2.89. The van der Waals surface area contributed by atoms with Crippen molar-refractivity contribution >= 4 is 6.34 Å². The molecule has 0 heterocycles. The Morgan fingerprint density at radius 1 is 1.25 bits per heavy atom. The summed E-state index contributed by atoms with van der Waals surface area (Å²) >= 11 is 0. The highest BCUT2D eigenvalue weighted by Gasteiger charge is 1.90. The van der Waals surface area contributed by atoms with Crippen molar-refractivity contribution in [2.75, 3.05) is 13.1 Å². The summed E-state index contributed by atoms with van der Waals surface area (Å²) in [5.41, 5.74) is 0. The van der Waals surface area contributed by atoms with Crippen LogP contribution in [0.4, 0.5) is 0 Å². The lowest BCUT2D eigenvalue weighted by Crippen LogP contribution is -2.18. The molecule has 3 nitrogen and oxygen atoms in total. The number of unbranched alkanes of at least 4 members (excludes halogenated alkanes) is 2. The number of aliphatic imine (C=N–C) groups is 1. The molecule has 0 spiro atoms. The smallest absolute Gasteiger partial charge is 0.110 e. The molecule has 1 N–H and O–H groups in total. The summed E-state index contributed by atoms with van der Waals surface area (Å²) in [6.45, 7) is 5.73. The molecule has 0 saturated carbocycles. The van der Waals surface area contributed by atoms with Crippen LogP contribution >= 0.6 is 0 Å². The molecule has 0 aliphatic carbocycles. The minimum atomic E-state index is 0.687. The van der Waals surface area contributed by atoms with Crippen LogP contribution < -0.4 is 0 Å². The number of rotatable bonds is 7. The van der Waals surface area contributed by atoms with Crippen LogP contribution in [0.5, 0.6) is 0 Å². The van der Waals surface area contributed by atoms with E-state index in [9.17, 15) is 0 Å². The normalized spacial score (nSPS) is 10.9. The zero-order valence-corrected chi connectivity index (χ0v) is 8.16. The van der Waals surface area contributed by atoms with Gasteiger partial charge in [-0.3, -0.25) is 10.2 Å². The maximum absolute atomic E-state index is 9.16. The van der Waals surface area contributed by atoms with Crippen LogP contribution in [-0.2, 0) is 0 Å². The highest BCUT2D eigenvalue weighted by atomic mass is 16.5. The van der Waals surface area contributed by atoms with Crippen molar-refractivity contribution in [1.82, 2.24) is 5.06 Å². The van der Waals surface area contributed by atoms with Crippen molar-refractivity contribution in [3.63, 3.8) is 0 Å². The first-order valence-corrected chi connectivity index (χ1v) is 4.76. The molecular formula is C9H20N2O. The molecule has 0 aromatic carbocycles. The minimum absolute atomic E-state index is 0.687. The standard InChI is InChI=1S/C9H20N2O/c1-3-5-7-10-9-11(12)8-6-4-2/h9,12H,3-8H2,1-2H3. The second-order valence-corrected chi connectivity index (χ2v) is 2.89. The lowest BCUT2D eigenvalue weighted by Gasteiger charge is -2.08. The largest absolute Gasteiger partial charge is 0.288 e. The maximum atomic E-state index is 9.16. The highest BCUT2D eigenvalue weighted by Crippen LogP contribution is 1.90. The molecule has 0 fully saturated rings. The van der Waals surface area contributed by atoms with Crippen LogP contribution in [0.2, 0.25) is 0 Å². The van der Waals surface area contributed by atoms with Crippen molar-refractivity contribution in [1.29, 1.82) is 0 Å². The van der Waals surface area contributed by atoms with Crippen molar-refractivity contribution in [3.8, 4) is 0 Å². The van der Waals surface area contributed by atoms with Crippen LogP contribution in [0.25, 0.3) is 0 Å². The summed E-state index contributed by atoms with van der Waals surface area (Å²) in [5.74, 6) is 0. The molecule has 0 bridgehead atoms. The molecule has 0 unspecified atom stereocenters. The van der Waals surface area contributed by atoms with E-state index in [0.29, 0.717) is 6.54 Å². The Morgan fingerprint density at radius 2 is 1.92 bits per heavy atom. The summed E-state index contributed by atoms with van der Waals surface area (Å²) in [4.78, 5) is 4.06. The van der Waals surface area contributed by atoms with Gasteiger partial charge in [0.2, 0.25) is 0 Å². The van der Waals surface area contributed by atoms with Crippen molar-refractivity contribution in [2.45, 2.75) is 39.5 Å². The molecule has 0 aliphatic rings. The van der Waals surface area contributed by atoms with Crippen LogP contribution in [-0.4, -0.2) is 29.7 Å². The van der Waals surface area contributed by atoms with Crippen molar-refractivity contribution in [3.05, 3.63) is 0 Å². The Morgan fingerprint density at radius 3 is 2.50 bits per heavy atom. The van der Waals surface area contributed by atoms with Gasteiger partial charge in [0.25, 0.3) is 0 Å². The van der Waals surface area contributed by atoms with E-state index in [4.69, 9.17) is 5.21 Å². The lowest BCUT2D eigenvalue weighted by molar-refractivity contribution is -0.00943. The molecule has 12 heavy (non-hydrogen) atoms. The van der Waals surface area contributed by atoms with E-state index in [1.807, 2.05) is 0 Å². The molecule has 0 aromatic rings. The second kappa shape index (κ2) is 8.53. The molecule has 0 radical (unpaired) electrons. The average molecular weight is 172 g/mol. The van der Waals surface area contributed by atoms with Gasteiger partial charge in [0, 0.05) is 13.1 Å². The van der Waals surface area contributed by atoms with Crippen LogP contribution in [0, 0.1) is 0 Å². The SMILES string of the molecule is CCCCN=CN(O)CCCC. The zero-order valence-electron chi connectivity index (χ0n) is 8.16. The van der Waals surface area contributed by atoms with Gasteiger partial charge in [-0.25, -0.2) is 5.06 Å². The summed E-state index contributed by atoms with van der Waals surface area (Å²) in [5, 5.41) is 10.3.